The van der Waals surface area contributed by atoms with E-state index in [-0.39, 0.29) is 5.91 Å². The van der Waals surface area contributed by atoms with E-state index in [1.54, 1.807) is 31.4 Å². The molecule has 1 heterocycles. The Morgan fingerprint density at radius 1 is 1.40 bits per heavy atom. The Hall–Kier alpha value is -2.10. The SMILES string of the molecule is CNC(=O)c1ccc(N)c2cccnc12. The molecule has 0 bridgehead atoms. The van der Waals surface area contributed by atoms with Gasteiger partial charge >= 0.3 is 0 Å². The van der Waals surface area contributed by atoms with Crippen LogP contribution < -0.4 is 11.1 Å². The van der Waals surface area contributed by atoms with Crippen LogP contribution in [0.2, 0.25) is 0 Å². The molecule has 3 N–H and O–H groups in total. The topological polar surface area (TPSA) is 68.0 Å². The Labute approximate surface area is 87.1 Å². The van der Waals surface area contributed by atoms with E-state index < -0.39 is 0 Å². The molecule has 2 aromatic rings. The molecule has 4 heteroatoms. The summed E-state index contributed by atoms with van der Waals surface area (Å²) in [6.07, 6.45) is 1.65. The minimum Gasteiger partial charge on any atom is -0.398 e. The van der Waals surface area contributed by atoms with E-state index in [2.05, 4.69) is 10.3 Å². The lowest BCUT2D eigenvalue weighted by molar-refractivity contribution is 0.0964. The van der Waals surface area contributed by atoms with Gasteiger partial charge in [0.15, 0.2) is 0 Å². The van der Waals surface area contributed by atoms with Crippen LogP contribution in [0.15, 0.2) is 30.5 Å². The maximum absolute atomic E-state index is 11.5. The molecule has 0 unspecified atom stereocenters. The molecule has 0 saturated carbocycles. The third kappa shape index (κ3) is 1.50. The van der Waals surface area contributed by atoms with Crippen molar-refractivity contribution in [3.05, 3.63) is 36.0 Å². The zero-order valence-electron chi connectivity index (χ0n) is 8.32. The van der Waals surface area contributed by atoms with Crippen LogP contribution in [0.25, 0.3) is 10.9 Å². The molecule has 0 saturated heterocycles. The lowest BCUT2D eigenvalue weighted by atomic mass is 10.1. The molecule has 2 rings (SSSR count). The van der Waals surface area contributed by atoms with E-state index in [1.807, 2.05) is 6.07 Å². The number of fused-ring (bicyclic) bond motifs is 1. The Kier molecular flexibility index (Phi) is 2.25. The number of nitrogens with zero attached hydrogens (tertiary/aromatic N) is 1. The summed E-state index contributed by atoms with van der Waals surface area (Å²) >= 11 is 0. The van der Waals surface area contributed by atoms with Crippen LogP contribution in [0.3, 0.4) is 0 Å². The highest BCUT2D eigenvalue weighted by atomic mass is 16.1. The smallest absolute Gasteiger partial charge is 0.253 e. The molecule has 0 atom stereocenters. The summed E-state index contributed by atoms with van der Waals surface area (Å²) in [6.45, 7) is 0. The van der Waals surface area contributed by atoms with Crippen LogP contribution >= 0.6 is 0 Å². The minimum atomic E-state index is -0.154. The van der Waals surface area contributed by atoms with E-state index >= 15 is 0 Å². The van der Waals surface area contributed by atoms with Crippen molar-refractivity contribution in [2.75, 3.05) is 12.8 Å². The molecular weight excluding hydrogens is 190 g/mol. The van der Waals surface area contributed by atoms with Gasteiger partial charge in [0.25, 0.3) is 5.91 Å². The van der Waals surface area contributed by atoms with Crippen molar-refractivity contribution in [3.8, 4) is 0 Å². The largest absolute Gasteiger partial charge is 0.398 e. The lowest BCUT2D eigenvalue weighted by Gasteiger charge is -2.06. The van der Waals surface area contributed by atoms with Crippen LogP contribution in [0, 0.1) is 0 Å². The molecule has 4 nitrogen and oxygen atoms in total. The summed E-state index contributed by atoms with van der Waals surface area (Å²) in [6, 6.07) is 7.05. The van der Waals surface area contributed by atoms with Gasteiger partial charge in [-0.1, -0.05) is 0 Å². The molecule has 0 spiro atoms. The van der Waals surface area contributed by atoms with Gasteiger partial charge in [-0.3, -0.25) is 9.78 Å². The number of aromatic nitrogens is 1. The lowest BCUT2D eigenvalue weighted by Crippen LogP contribution is -2.18. The number of anilines is 1. The number of amides is 1. The van der Waals surface area contributed by atoms with Crippen LogP contribution in [0.4, 0.5) is 5.69 Å². The van der Waals surface area contributed by atoms with Gasteiger partial charge in [-0.25, -0.2) is 0 Å². The second kappa shape index (κ2) is 3.57. The number of nitrogens with two attached hydrogens (primary N) is 1. The zero-order valence-corrected chi connectivity index (χ0v) is 8.32. The number of nitrogen functional groups attached to an aromatic ring is 1. The van der Waals surface area contributed by atoms with Crippen molar-refractivity contribution in [2.45, 2.75) is 0 Å². The highest BCUT2D eigenvalue weighted by Gasteiger charge is 2.10. The van der Waals surface area contributed by atoms with Gasteiger partial charge in [0.05, 0.1) is 11.1 Å². The van der Waals surface area contributed by atoms with Crippen LogP contribution in [-0.4, -0.2) is 17.9 Å². The summed E-state index contributed by atoms with van der Waals surface area (Å²) < 4.78 is 0. The number of benzene rings is 1. The molecule has 0 radical (unpaired) electrons. The summed E-state index contributed by atoms with van der Waals surface area (Å²) in [5, 5.41) is 3.38. The Balaban J connectivity index is 2.77. The first-order valence-electron chi connectivity index (χ1n) is 4.59. The third-order valence-electron chi connectivity index (χ3n) is 2.28. The molecule has 0 fully saturated rings. The van der Waals surface area contributed by atoms with Gasteiger partial charge in [-0.05, 0) is 24.3 Å². The van der Waals surface area contributed by atoms with Crippen molar-refractivity contribution in [1.82, 2.24) is 10.3 Å². The Bertz CT molecular complexity index is 522. The van der Waals surface area contributed by atoms with E-state index in [1.165, 1.54) is 0 Å². The fourth-order valence-corrected chi connectivity index (χ4v) is 1.51. The van der Waals surface area contributed by atoms with E-state index in [4.69, 9.17) is 5.73 Å². The van der Waals surface area contributed by atoms with Gasteiger partial charge in [-0.15, -0.1) is 0 Å². The number of hydrogen-bond acceptors (Lipinski definition) is 3. The highest BCUT2D eigenvalue weighted by Crippen LogP contribution is 2.22. The summed E-state index contributed by atoms with van der Waals surface area (Å²) in [5.41, 5.74) is 7.61. The summed E-state index contributed by atoms with van der Waals surface area (Å²) in [5.74, 6) is -0.154. The number of hydrogen-bond donors (Lipinski definition) is 2. The predicted octanol–water partition coefficient (Wildman–Crippen LogP) is 1.18. The maximum atomic E-state index is 11.5. The minimum absolute atomic E-state index is 0.154. The molecule has 0 aliphatic rings. The first kappa shape index (κ1) is 9.45. The van der Waals surface area contributed by atoms with Crippen LogP contribution in [-0.2, 0) is 0 Å². The van der Waals surface area contributed by atoms with E-state index in [0.29, 0.717) is 16.8 Å². The van der Waals surface area contributed by atoms with Gasteiger partial charge in [0.2, 0.25) is 0 Å². The number of pyridine rings is 1. The average Bonchev–Trinajstić information content (AvgIpc) is 2.29. The normalized spacial score (nSPS) is 10.2. The molecule has 1 amide bonds. The maximum Gasteiger partial charge on any atom is 0.253 e. The fraction of sp³-hybridized carbons (Fsp3) is 0.0909. The van der Waals surface area contributed by atoms with Gasteiger partial charge < -0.3 is 11.1 Å². The number of carbonyl (C=O) groups excluding carboxylic acids is 1. The molecular formula is C11H11N3O. The number of rotatable bonds is 1. The molecule has 1 aromatic carbocycles. The molecule has 0 aliphatic heterocycles. The molecule has 76 valence electrons. The monoisotopic (exact) mass is 201 g/mol. The second-order valence-corrected chi connectivity index (χ2v) is 3.18. The number of carbonyl (C=O) groups is 1. The van der Waals surface area contributed by atoms with Crippen molar-refractivity contribution in [2.24, 2.45) is 0 Å². The van der Waals surface area contributed by atoms with Crippen molar-refractivity contribution >= 4 is 22.5 Å². The molecule has 1 aromatic heterocycles. The molecule has 15 heavy (non-hydrogen) atoms. The first-order chi connectivity index (χ1) is 7.24. The fourth-order valence-electron chi connectivity index (χ4n) is 1.51. The zero-order chi connectivity index (χ0) is 10.8. The number of nitrogens with one attached hydrogen (secondary N) is 1. The standard InChI is InChI=1S/C11H11N3O/c1-13-11(15)8-4-5-9(12)7-3-2-6-14-10(7)8/h2-6H,12H2,1H3,(H,13,15). The van der Waals surface area contributed by atoms with Gasteiger partial charge in [-0.2, -0.15) is 0 Å². The summed E-state index contributed by atoms with van der Waals surface area (Å²) in [4.78, 5) is 15.7. The summed E-state index contributed by atoms with van der Waals surface area (Å²) in [7, 11) is 1.59. The highest BCUT2D eigenvalue weighted by molar-refractivity contribution is 6.08. The van der Waals surface area contributed by atoms with Gasteiger partial charge in [0, 0.05) is 24.3 Å². The van der Waals surface area contributed by atoms with E-state index in [0.717, 1.165) is 5.39 Å². The Morgan fingerprint density at radius 3 is 2.93 bits per heavy atom. The first-order valence-corrected chi connectivity index (χ1v) is 4.59. The van der Waals surface area contributed by atoms with Gasteiger partial charge in [0.1, 0.15) is 0 Å². The van der Waals surface area contributed by atoms with Crippen molar-refractivity contribution in [3.63, 3.8) is 0 Å². The quantitative estimate of drug-likeness (QED) is 0.681. The molecule has 0 aliphatic carbocycles. The van der Waals surface area contributed by atoms with Crippen LogP contribution in [0.5, 0.6) is 0 Å². The van der Waals surface area contributed by atoms with Crippen LogP contribution in [0.1, 0.15) is 10.4 Å². The third-order valence-corrected chi connectivity index (χ3v) is 2.28. The van der Waals surface area contributed by atoms with Crippen molar-refractivity contribution < 1.29 is 4.79 Å². The van der Waals surface area contributed by atoms with E-state index in [9.17, 15) is 4.79 Å². The average molecular weight is 201 g/mol. The second-order valence-electron chi connectivity index (χ2n) is 3.18. The van der Waals surface area contributed by atoms with Crippen molar-refractivity contribution in [1.29, 1.82) is 0 Å². The Morgan fingerprint density at radius 2 is 2.20 bits per heavy atom. The predicted molar refractivity (Wildman–Crippen MR) is 59.5 cm³/mol.